The van der Waals surface area contributed by atoms with E-state index in [2.05, 4.69) is 20.3 Å². The first-order valence-corrected chi connectivity index (χ1v) is 8.67. The number of nitrogens with one attached hydrogen (secondary N) is 2. The molecular formula is C20H21FN4O2. The Bertz CT molecular complexity index is 925. The summed E-state index contributed by atoms with van der Waals surface area (Å²) in [5.74, 6) is -0.529. The first-order chi connectivity index (χ1) is 13.0. The van der Waals surface area contributed by atoms with Crippen molar-refractivity contribution in [2.24, 2.45) is 5.92 Å². The average Bonchev–Trinajstić information content (AvgIpc) is 3.10. The zero-order valence-corrected chi connectivity index (χ0v) is 15.1. The highest BCUT2D eigenvalue weighted by molar-refractivity contribution is 5.81. The standard InChI is InChI=1S/C20H21FN4O2/c1-12(2)19(26)20(27)23-11-16-24-17(13-6-5-7-14(21)10-13)18(25-16)15-8-3-4-9-22-15/h3-10,12,19,26H,11H2,1-2H3,(H,23,27)(H,24,25)/t19-/m0/s1. The summed E-state index contributed by atoms with van der Waals surface area (Å²) >= 11 is 0. The molecule has 0 aliphatic rings. The number of rotatable bonds is 6. The summed E-state index contributed by atoms with van der Waals surface area (Å²) in [4.78, 5) is 24.0. The molecule has 7 heteroatoms. The largest absolute Gasteiger partial charge is 0.383 e. The van der Waals surface area contributed by atoms with E-state index in [9.17, 15) is 14.3 Å². The minimum absolute atomic E-state index is 0.109. The minimum atomic E-state index is -1.09. The van der Waals surface area contributed by atoms with Gasteiger partial charge in [-0.25, -0.2) is 9.37 Å². The number of imidazole rings is 1. The monoisotopic (exact) mass is 368 g/mol. The summed E-state index contributed by atoms with van der Waals surface area (Å²) in [5.41, 5.74) is 2.44. The van der Waals surface area contributed by atoms with Crippen molar-refractivity contribution in [1.29, 1.82) is 0 Å². The molecule has 2 aromatic heterocycles. The second-order valence-electron chi connectivity index (χ2n) is 6.54. The molecule has 0 aliphatic heterocycles. The molecular weight excluding hydrogens is 347 g/mol. The molecule has 0 aliphatic carbocycles. The topological polar surface area (TPSA) is 90.9 Å². The van der Waals surface area contributed by atoms with E-state index < -0.39 is 12.0 Å². The zero-order valence-electron chi connectivity index (χ0n) is 15.1. The van der Waals surface area contributed by atoms with Crippen molar-refractivity contribution < 1.29 is 14.3 Å². The third-order valence-electron chi connectivity index (χ3n) is 4.10. The Kier molecular flexibility index (Phi) is 5.61. The van der Waals surface area contributed by atoms with E-state index in [4.69, 9.17) is 0 Å². The molecule has 6 nitrogen and oxygen atoms in total. The van der Waals surface area contributed by atoms with E-state index >= 15 is 0 Å². The van der Waals surface area contributed by atoms with Crippen LogP contribution in [0, 0.1) is 11.7 Å². The molecule has 27 heavy (non-hydrogen) atoms. The molecule has 3 N–H and O–H groups in total. The number of amides is 1. The van der Waals surface area contributed by atoms with Gasteiger partial charge >= 0.3 is 0 Å². The van der Waals surface area contributed by atoms with Crippen LogP contribution in [0.1, 0.15) is 19.7 Å². The summed E-state index contributed by atoms with van der Waals surface area (Å²) in [6.07, 6.45) is 0.573. The lowest BCUT2D eigenvalue weighted by Crippen LogP contribution is -2.37. The van der Waals surface area contributed by atoms with E-state index in [0.717, 1.165) is 0 Å². The second kappa shape index (κ2) is 8.09. The molecule has 0 radical (unpaired) electrons. The van der Waals surface area contributed by atoms with Crippen LogP contribution in [-0.2, 0) is 11.3 Å². The number of nitrogens with zero attached hydrogens (tertiary/aromatic N) is 2. The third-order valence-corrected chi connectivity index (χ3v) is 4.10. The molecule has 1 atom stereocenters. The predicted molar refractivity (Wildman–Crippen MR) is 99.9 cm³/mol. The van der Waals surface area contributed by atoms with Crippen LogP contribution in [0.3, 0.4) is 0 Å². The number of hydrogen-bond acceptors (Lipinski definition) is 4. The van der Waals surface area contributed by atoms with Gasteiger partial charge in [0.15, 0.2) is 0 Å². The molecule has 140 valence electrons. The number of pyridine rings is 1. The van der Waals surface area contributed by atoms with E-state index in [0.29, 0.717) is 28.5 Å². The Morgan fingerprint density at radius 1 is 1.26 bits per heavy atom. The van der Waals surface area contributed by atoms with E-state index in [1.165, 1.54) is 12.1 Å². The van der Waals surface area contributed by atoms with Crippen molar-refractivity contribution in [2.75, 3.05) is 0 Å². The van der Waals surface area contributed by atoms with Crippen LogP contribution in [0.25, 0.3) is 22.6 Å². The average molecular weight is 368 g/mol. The van der Waals surface area contributed by atoms with Crippen LogP contribution in [0.4, 0.5) is 4.39 Å². The van der Waals surface area contributed by atoms with Crippen molar-refractivity contribution in [2.45, 2.75) is 26.5 Å². The molecule has 0 saturated carbocycles. The van der Waals surface area contributed by atoms with Crippen LogP contribution in [0.15, 0.2) is 48.7 Å². The fourth-order valence-electron chi connectivity index (χ4n) is 2.62. The third kappa shape index (κ3) is 4.38. The minimum Gasteiger partial charge on any atom is -0.383 e. The molecule has 0 bridgehead atoms. The summed E-state index contributed by atoms with van der Waals surface area (Å²) in [7, 11) is 0. The lowest BCUT2D eigenvalue weighted by Gasteiger charge is -2.13. The summed E-state index contributed by atoms with van der Waals surface area (Å²) in [6, 6.07) is 11.6. The fourth-order valence-corrected chi connectivity index (χ4v) is 2.62. The molecule has 0 spiro atoms. The number of carbonyl (C=O) groups is 1. The first kappa shape index (κ1) is 18.7. The van der Waals surface area contributed by atoms with Gasteiger partial charge in [-0.15, -0.1) is 0 Å². The smallest absolute Gasteiger partial charge is 0.249 e. The number of hydrogen-bond donors (Lipinski definition) is 3. The molecule has 1 amide bonds. The second-order valence-corrected chi connectivity index (χ2v) is 6.54. The quantitative estimate of drug-likeness (QED) is 0.624. The Morgan fingerprint density at radius 3 is 2.74 bits per heavy atom. The molecule has 0 saturated heterocycles. The van der Waals surface area contributed by atoms with Gasteiger partial charge in [-0.3, -0.25) is 9.78 Å². The van der Waals surface area contributed by atoms with Crippen LogP contribution < -0.4 is 5.32 Å². The molecule has 3 rings (SSSR count). The Balaban J connectivity index is 1.92. The Hall–Kier alpha value is -3.06. The highest BCUT2D eigenvalue weighted by Crippen LogP contribution is 2.29. The number of benzene rings is 1. The van der Waals surface area contributed by atoms with Gasteiger partial charge in [0.05, 0.1) is 23.6 Å². The summed E-state index contributed by atoms with van der Waals surface area (Å²) in [5, 5.41) is 12.5. The highest BCUT2D eigenvalue weighted by Gasteiger charge is 2.20. The number of aromatic nitrogens is 3. The number of carbonyl (C=O) groups excluding carboxylic acids is 1. The van der Waals surface area contributed by atoms with Crippen LogP contribution in [0.2, 0.25) is 0 Å². The van der Waals surface area contributed by atoms with Crippen LogP contribution in [0.5, 0.6) is 0 Å². The maximum atomic E-state index is 13.7. The van der Waals surface area contributed by atoms with E-state index in [1.54, 1.807) is 38.2 Å². The predicted octanol–water partition coefficient (Wildman–Crippen LogP) is 2.91. The fraction of sp³-hybridized carbons (Fsp3) is 0.250. The molecule has 0 unspecified atom stereocenters. The normalized spacial score (nSPS) is 12.2. The summed E-state index contributed by atoms with van der Waals surface area (Å²) in [6.45, 7) is 3.63. The van der Waals surface area contributed by atoms with Gasteiger partial charge in [-0.1, -0.05) is 32.0 Å². The van der Waals surface area contributed by atoms with Crippen molar-refractivity contribution >= 4 is 5.91 Å². The zero-order chi connectivity index (χ0) is 19.4. The van der Waals surface area contributed by atoms with Crippen LogP contribution in [-0.4, -0.2) is 32.1 Å². The molecule has 1 aromatic carbocycles. The number of halogens is 1. The van der Waals surface area contributed by atoms with E-state index in [1.807, 2.05) is 12.1 Å². The van der Waals surface area contributed by atoms with Gasteiger partial charge in [0.25, 0.3) is 0 Å². The molecule has 0 fully saturated rings. The lowest BCUT2D eigenvalue weighted by atomic mass is 10.1. The van der Waals surface area contributed by atoms with Gasteiger partial charge in [0.2, 0.25) is 5.91 Å². The van der Waals surface area contributed by atoms with Crippen LogP contribution >= 0.6 is 0 Å². The molecule has 2 heterocycles. The number of aliphatic hydroxyl groups is 1. The van der Waals surface area contributed by atoms with E-state index in [-0.39, 0.29) is 18.3 Å². The Labute approximate surface area is 156 Å². The van der Waals surface area contributed by atoms with Gasteiger partial charge in [0, 0.05) is 11.8 Å². The molecule has 3 aromatic rings. The number of aliphatic hydroxyl groups excluding tert-OH is 1. The highest BCUT2D eigenvalue weighted by atomic mass is 19.1. The Morgan fingerprint density at radius 2 is 2.07 bits per heavy atom. The number of aromatic amines is 1. The maximum Gasteiger partial charge on any atom is 0.249 e. The van der Waals surface area contributed by atoms with Gasteiger partial charge in [-0.05, 0) is 30.2 Å². The first-order valence-electron chi connectivity index (χ1n) is 8.67. The SMILES string of the molecule is CC(C)[C@H](O)C(=O)NCc1nc(-c2cccc(F)c2)c(-c2ccccn2)[nH]1. The number of H-pyrrole nitrogens is 1. The van der Waals surface area contributed by atoms with Gasteiger partial charge in [0.1, 0.15) is 17.7 Å². The summed E-state index contributed by atoms with van der Waals surface area (Å²) < 4.78 is 13.7. The van der Waals surface area contributed by atoms with Crippen molar-refractivity contribution in [3.05, 3.63) is 60.3 Å². The van der Waals surface area contributed by atoms with Gasteiger partial charge in [-0.2, -0.15) is 0 Å². The van der Waals surface area contributed by atoms with Gasteiger partial charge < -0.3 is 15.4 Å². The van der Waals surface area contributed by atoms with Crippen molar-refractivity contribution in [1.82, 2.24) is 20.3 Å². The lowest BCUT2D eigenvalue weighted by molar-refractivity contribution is -0.131. The van der Waals surface area contributed by atoms with Crippen molar-refractivity contribution in [3.63, 3.8) is 0 Å². The van der Waals surface area contributed by atoms with Crippen molar-refractivity contribution in [3.8, 4) is 22.6 Å². The maximum absolute atomic E-state index is 13.7.